The zero-order valence-corrected chi connectivity index (χ0v) is 8.67. The first-order valence-corrected chi connectivity index (χ1v) is 5.39. The number of nitrogens with zero attached hydrogens (tertiary/aromatic N) is 2. The first-order valence-electron chi connectivity index (χ1n) is 5.39. The number of rotatable bonds is 5. The molecular formula is C10H21N2O. The Morgan fingerprint density at radius 2 is 1.54 bits per heavy atom. The van der Waals surface area contributed by atoms with Crippen LogP contribution in [0.3, 0.4) is 0 Å². The molecule has 0 aromatic carbocycles. The lowest BCUT2D eigenvalue weighted by Crippen LogP contribution is -2.46. The van der Waals surface area contributed by atoms with Gasteiger partial charge in [-0.25, -0.2) is 5.11 Å². The maximum absolute atomic E-state index is 10.3. The van der Waals surface area contributed by atoms with E-state index in [4.69, 9.17) is 0 Å². The topological polar surface area (TPSA) is 26.4 Å². The highest BCUT2D eigenvalue weighted by atomic mass is 16.3. The number of hydrogen-bond donors (Lipinski definition) is 0. The van der Waals surface area contributed by atoms with Crippen molar-refractivity contribution in [2.24, 2.45) is 0 Å². The maximum atomic E-state index is 10.3. The highest BCUT2D eigenvalue weighted by Crippen LogP contribution is 2.02. The van der Waals surface area contributed by atoms with Gasteiger partial charge in [-0.2, -0.15) is 0 Å². The van der Waals surface area contributed by atoms with E-state index in [1.54, 1.807) is 0 Å². The van der Waals surface area contributed by atoms with Crippen LogP contribution in [0.25, 0.3) is 0 Å². The Kier molecular flexibility index (Phi) is 5.35. The number of hydrogen-bond acceptors (Lipinski definition) is 2. The van der Waals surface area contributed by atoms with Crippen LogP contribution in [-0.2, 0) is 5.11 Å². The minimum atomic E-state index is 0.0785. The molecule has 1 radical (unpaired) electrons. The first-order chi connectivity index (χ1) is 6.36. The molecular weight excluding hydrogens is 164 g/mol. The van der Waals surface area contributed by atoms with E-state index in [-0.39, 0.29) is 6.61 Å². The van der Waals surface area contributed by atoms with E-state index >= 15 is 0 Å². The summed E-state index contributed by atoms with van der Waals surface area (Å²) in [5.74, 6) is 0. The molecule has 0 unspecified atom stereocenters. The van der Waals surface area contributed by atoms with Gasteiger partial charge >= 0.3 is 0 Å². The van der Waals surface area contributed by atoms with Crippen molar-refractivity contribution in [1.29, 1.82) is 0 Å². The molecule has 1 saturated heterocycles. The van der Waals surface area contributed by atoms with E-state index in [1.807, 2.05) is 0 Å². The average Bonchev–Trinajstić information content (AvgIpc) is 2.17. The fourth-order valence-electron chi connectivity index (χ4n) is 1.84. The summed E-state index contributed by atoms with van der Waals surface area (Å²) in [7, 11) is 0. The van der Waals surface area contributed by atoms with Crippen molar-refractivity contribution in [3.05, 3.63) is 0 Å². The van der Waals surface area contributed by atoms with Crippen molar-refractivity contribution in [2.45, 2.75) is 19.8 Å². The molecule has 0 aromatic heterocycles. The van der Waals surface area contributed by atoms with Gasteiger partial charge in [0.05, 0.1) is 6.61 Å². The van der Waals surface area contributed by atoms with Crippen molar-refractivity contribution in [2.75, 3.05) is 45.9 Å². The zero-order chi connectivity index (χ0) is 9.52. The maximum Gasteiger partial charge on any atom is 0.0834 e. The molecule has 0 spiro atoms. The van der Waals surface area contributed by atoms with Crippen LogP contribution in [-0.4, -0.2) is 55.7 Å². The van der Waals surface area contributed by atoms with Crippen LogP contribution in [0.4, 0.5) is 0 Å². The standard InChI is InChI=1S/C10H21N2O/c1-2-4-11-6-8-12(9-7-11)5-3-10-13/h2-10H2,1H3. The predicted molar refractivity (Wildman–Crippen MR) is 53.3 cm³/mol. The first kappa shape index (κ1) is 11.0. The zero-order valence-electron chi connectivity index (χ0n) is 8.67. The molecule has 0 aromatic rings. The molecule has 77 valence electrons. The largest absolute Gasteiger partial charge is 0.301 e. The molecule has 1 rings (SSSR count). The van der Waals surface area contributed by atoms with E-state index in [2.05, 4.69) is 16.7 Å². The summed E-state index contributed by atoms with van der Waals surface area (Å²) >= 11 is 0. The fourth-order valence-corrected chi connectivity index (χ4v) is 1.84. The third-order valence-electron chi connectivity index (χ3n) is 2.62. The highest BCUT2D eigenvalue weighted by Gasteiger charge is 2.14. The van der Waals surface area contributed by atoms with Gasteiger partial charge in [-0.3, -0.25) is 0 Å². The molecule has 0 bridgehead atoms. The normalized spacial score (nSPS) is 20.8. The quantitative estimate of drug-likeness (QED) is 0.634. The summed E-state index contributed by atoms with van der Waals surface area (Å²) in [5, 5.41) is 10.3. The van der Waals surface area contributed by atoms with E-state index in [0.717, 1.165) is 26.1 Å². The molecule has 0 amide bonds. The van der Waals surface area contributed by atoms with Crippen molar-refractivity contribution >= 4 is 0 Å². The third kappa shape index (κ3) is 4.07. The Morgan fingerprint density at radius 3 is 2.00 bits per heavy atom. The molecule has 1 aliphatic heterocycles. The van der Waals surface area contributed by atoms with Crippen LogP contribution < -0.4 is 0 Å². The average molecular weight is 185 g/mol. The van der Waals surface area contributed by atoms with E-state index < -0.39 is 0 Å². The molecule has 0 N–H and O–H groups in total. The van der Waals surface area contributed by atoms with Crippen LogP contribution in [0.2, 0.25) is 0 Å². The van der Waals surface area contributed by atoms with Crippen LogP contribution in [0.15, 0.2) is 0 Å². The smallest absolute Gasteiger partial charge is 0.0834 e. The second-order valence-electron chi connectivity index (χ2n) is 3.74. The summed E-state index contributed by atoms with van der Waals surface area (Å²) in [5.41, 5.74) is 0. The third-order valence-corrected chi connectivity index (χ3v) is 2.62. The Bertz CT molecular complexity index is 122. The summed E-state index contributed by atoms with van der Waals surface area (Å²) in [6.07, 6.45) is 2.06. The molecule has 1 fully saturated rings. The van der Waals surface area contributed by atoms with Crippen molar-refractivity contribution in [3.63, 3.8) is 0 Å². The molecule has 1 heterocycles. The lowest BCUT2D eigenvalue weighted by molar-refractivity contribution is 0.114. The summed E-state index contributed by atoms with van der Waals surface area (Å²) in [6, 6.07) is 0. The van der Waals surface area contributed by atoms with E-state index in [9.17, 15) is 5.11 Å². The summed E-state index contributed by atoms with van der Waals surface area (Å²) < 4.78 is 0. The van der Waals surface area contributed by atoms with Crippen molar-refractivity contribution in [1.82, 2.24) is 9.80 Å². The molecule has 0 saturated carbocycles. The van der Waals surface area contributed by atoms with Gasteiger partial charge in [0.15, 0.2) is 0 Å². The van der Waals surface area contributed by atoms with Crippen LogP contribution in [0.5, 0.6) is 0 Å². The lowest BCUT2D eigenvalue weighted by Gasteiger charge is -2.34. The Morgan fingerprint density at radius 1 is 1.00 bits per heavy atom. The van der Waals surface area contributed by atoms with Crippen LogP contribution >= 0.6 is 0 Å². The predicted octanol–water partition coefficient (Wildman–Crippen LogP) is 0.835. The van der Waals surface area contributed by atoms with Gasteiger partial charge in [-0.05, 0) is 19.4 Å². The van der Waals surface area contributed by atoms with Gasteiger partial charge in [0, 0.05) is 32.7 Å². The van der Waals surface area contributed by atoms with Gasteiger partial charge in [0.25, 0.3) is 0 Å². The minimum Gasteiger partial charge on any atom is -0.301 e. The molecule has 3 heteroatoms. The molecule has 0 aliphatic carbocycles. The summed E-state index contributed by atoms with van der Waals surface area (Å²) in [6.45, 7) is 9.22. The molecule has 0 atom stereocenters. The van der Waals surface area contributed by atoms with Gasteiger partial charge in [-0.15, -0.1) is 0 Å². The van der Waals surface area contributed by atoms with Gasteiger partial charge in [0.2, 0.25) is 0 Å². The SMILES string of the molecule is CCCN1CCN(CCC[O])CC1. The van der Waals surface area contributed by atoms with Crippen LogP contribution in [0, 0.1) is 0 Å². The van der Waals surface area contributed by atoms with Gasteiger partial charge < -0.3 is 9.80 Å². The molecule has 3 nitrogen and oxygen atoms in total. The second-order valence-corrected chi connectivity index (χ2v) is 3.74. The molecule has 13 heavy (non-hydrogen) atoms. The Labute approximate surface area is 81.3 Å². The minimum absolute atomic E-state index is 0.0785. The molecule has 1 aliphatic rings. The number of piperazine rings is 1. The highest BCUT2D eigenvalue weighted by molar-refractivity contribution is 4.71. The fraction of sp³-hybridized carbons (Fsp3) is 1.00. The van der Waals surface area contributed by atoms with Crippen molar-refractivity contribution < 1.29 is 5.11 Å². The van der Waals surface area contributed by atoms with E-state index in [1.165, 1.54) is 26.1 Å². The summed E-state index contributed by atoms with van der Waals surface area (Å²) in [4.78, 5) is 4.91. The van der Waals surface area contributed by atoms with Crippen molar-refractivity contribution in [3.8, 4) is 0 Å². The van der Waals surface area contributed by atoms with E-state index in [0.29, 0.717) is 0 Å². The Balaban J connectivity index is 2.08. The monoisotopic (exact) mass is 185 g/mol. The Hall–Kier alpha value is -0.120. The second kappa shape index (κ2) is 6.35. The van der Waals surface area contributed by atoms with Gasteiger partial charge in [-0.1, -0.05) is 6.92 Å². The lowest BCUT2D eigenvalue weighted by atomic mass is 10.3. The van der Waals surface area contributed by atoms with Crippen LogP contribution in [0.1, 0.15) is 19.8 Å². The van der Waals surface area contributed by atoms with Gasteiger partial charge in [0.1, 0.15) is 0 Å².